The summed E-state index contributed by atoms with van der Waals surface area (Å²) < 4.78 is 33.1. The fraction of sp³-hybridized carbons (Fsp3) is 0.235. The maximum Gasteiger partial charge on any atom is 0.234 e. The van der Waals surface area contributed by atoms with Crippen LogP contribution in [-0.2, 0) is 21.8 Å². The maximum absolute atomic E-state index is 11.9. The molecule has 0 saturated carbocycles. The molecule has 0 aliphatic rings. The molecule has 126 valence electrons. The van der Waals surface area contributed by atoms with Gasteiger partial charge in [-0.15, -0.1) is 0 Å². The molecule has 0 bridgehead atoms. The molecule has 3 rings (SSSR count). The van der Waals surface area contributed by atoms with E-state index in [0.29, 0.717) is 5.69 Å². The molecule has 0 saturated heterocycles. The van der Waals surface area contributed by atoms with Gasteiger partial charge in [0.2, 0.25) is 10.0 Å². The third kappa shape index (κ3) is 3.42. The number of aryl methyl sites for hydroxylation is 1. The summed E-state index contributed by atoms with van der Waals surface area (Å²) in [5, 5.41) is 0. The molecule has 3 aromatic rings. The summed E-state index contributed by atoms with van der Waals surface area (Å²) in [4.78, 5) is 4.64. The number of benzene rings is 2. The molecule has 1 N–H and O–H groups in total. The van der Waals surface area contributed by atoms with Crippen LogP contribution in [0, 0.1) is 0 Å². The van der Waals surface area contributed by atoms with Crippen molar-refractivity contribution in [2.24, 2.45) is 7.05 Å². The second-order valence-electron chi connectivity index (χ2n) is 5.47. The Labute approximate surface area is 141 Å². The Morgan fingerprint density at radius 3 is 2.50 bits per heavy atom. The second-order valence-corrected chi connectivity index (χ2v) is 7.32. The minimum atomic E-state index is -3.40. The number of ether oxygens (including phenoxy) is 1. The van der Waals surface area contributed by atoms with Crippen LogP contribution in [0.4, 0.5) is 5.69 Å². The predicted octanol–water partition coefficient (Wildman–Crippen LogP) is 2.63. The zero-order valence-corrected chi connectivity index (χ0v) is 14.4. The molecule has 0 radical (unpaired) electrons. The van der Waals surface area contributed by atoms with Gasteiger partial charge in [0.1, 0.15) is 5.82 Å². The first-order chi connectivity index (χ1) is 11.5. The lowest BCUT2D eigenvalue weighted by molar-refractivity contribution is 0.217. The predicted molar refractivity (Wildman–Crippen MR) is 95.4 cm³/mol. The van der Waals surface area contributed by atoms with E-state index in [1.54, 1.807) is 12.1 Å². The standard InChI is InChI=1S/C17H19N3O3S/c1-20-16-6-4-3-5-15(16)18-17(20)13-7-9-14(10-8-13)19-24(21,22)12-11-23-2/h3-10,19H,11-12H2,1-2H3. The normalized spacial score (nSPS) is 11.8. The molecule has 0 aliphatic heterocycles. The van der Waals surface area contributed by atoms with E-state index in [1.807, 2.05) is 48.0 Å². The van der Waals surface area contributed by atoms with Crippen LogP contribution in [0.3, 0.4) is 0 Å². The fourth-order valence-electron chi connectivity index (χ4n) is 2.51. The highest BCUT2D eigenvalue weighted by Crippen LogP contribution is 2.24. The SMILES string of the molecule is COCCS(=O)(=O)Nc1ccc(-c2nc3ccccc3n2C)cc1. The number of nitrogens with zero attached hydrogens (tertiary/aromatic N) is 2. The Bertz CT molecular complexity index is 947. The van der Waals surface area contributed by atoms with Gasteiger partial charge < -0.3 is 9.30 Å². The maximum atomic E-state index is 11.9. The van der Waals surface area contributed by atoms with Gasteiger partial charge in [0.05, 0.1) is 23.4 Å². The quantitative estimate of drug-likeness (QED) is 0.745. The lowest BCUT2D eigenvalue weighted by atomic mass is 10.2. The van der Waals surface area contributed by atoms with Crippen molar-refractivity contribution in [3.63, 3.8) is 0 Å². The summed E-state index contributed by atoms with van der Waals surface area (Å²) in [7, 11) is 0.0389. The number of hydrogen-bond acceptors (Lipinski definition) is 4. The number of fused-ring (bicyclic) bond motifs is 1. The number of anilines is 1. The average molecular weight is 345 g/mol. The first-order valence-corrected chi connectivity index (χ1v) is 9.17. The van der Waals surface area contributed by atoms with Crippen molar-refractivity contribution in [1.82, 2.24) is 9.55 Å². The van der Waals surface area contributed by atoms with Crippen LogP contribution >= 0.6 is 0 Å². The van der Waals surface area contributed by atoms with E-state index in [1.165, 1.54) is 7.11 Å². The van der Waals surface area contributed by atoms with Crippen LogP contribution in [-0.4, -0.2) is 37.4 Å². The van der Waals surface area contributed by atoms with Gasteiger partial charge in [-0.25, -0.2) is 13.4 Å². The molecule has 0 aliphatic carbocycles. The Morgan fingerprint density at radius 2 is 1.83 bits per heavy atom. The Balaban J connectivity index is 1.85. The van der Waals surface area contributed by atoms with Gasteiger partial charge in [-0.3, -0.25) is 4.72 Å². The summed E-state index contributed by atoms with van der Waals surface area (Å²) in [6.45, 7) is 0.160. The Morgan fingerprint density at radius 1 is 1.12 bits per heavy atom. The number of methoxy groups -OCH3 is 1. The Kier molecular flexibility index (Phi) is 4.55. The zero-order valence-electron chi connectivity index (χ0n) is 13.6. The van der Waals surface area contributed by atoms with E-state index in [0.717, 1.165) is 22.4 Å². The number of imidazole rings is 1. The Hall–Kier alpha value is -2.38. The largest absolute Gasteiger partial charge is 0.384 e. The summed E-state index contributed by atoms with van der Waals surface area (Å²) in [6, 6.07) is 15.1. The van der Waals surface area contributed by atoms with Crippen molar-refractivity contribution in [1.29, 1.82) is 0 Å². The third-order valence-electron chi connectivity index (χ3n) is 3.76. The van der Waals surface area contributed by atoms with Crippen LogP contribution in [0.2, 0.25) is 0 Å². The van der Waals surface area contributed by atoms with Crippen LogP contribution < -0.4 is 4.72 Å². The van der Waals surface area contributed by atoms with Crippen LogP contribution in [0.25, 0.3) is 22.4 Å². The van der Waals surface area contributed by atoms with Crippen molar-refractivity contribution in [3.05, 3.63) is 48.5 Å². The van der Waals surface area contributed by atoms with Crippen LogP contribution in [0.15, 0.2) is 48.5 Å². The highest BCUT2D eigenvalue weighted by atomic mass is 32.2. The average Bonchev–Trinajstić information content (AvgIpc) is 2.91. The van der Waals surface area contributed by atoms with Crippen LogP contribution in [0.5, 0.6) is 0 Å². The highest BCUT2D eigenvalue weighted by Gasteiger charge is 2.12. The molecule has 0 fully saturated rings. The van der Waals surface area contributed by atoms with E-state index in [9.17, 15) is 8.42 Å². The molecule has 0 unspecified atom stereocenters. The van der Waals surface area contributed by atoms with Gasteiger partial charge in [0, 0.05) is 25.4 Å². The second kappa shape index (κ2) is 6.62. The smallest absolute Gasteiger partial charge is 0.234 e. The molecule has 7 heteroatoms. The monoisotopic (exact) mass is 345 g/mol. The van der Waals surface area contributed by atoms with Gasteiger partial charge in [0.25, 0.3) is 0 Å². The van der Waals surface area contributed by atoms with Gasteiger partial charge in [-0.1, -0.05) is 12.1 Å². The van der Waals surface area contributed by atoms with E-state index in [2.05, 4.69) is 9.71 Å². The first-order valence-electron chi connectivity index (χ1n) is 7.51. The lowest BCUT2D eigenvalue weighted by Gasteiger charge is -2.08. The molecule has 24 heavy (non-hydrogen) atoms. The van der Waals surface area contributed by atoms with Gasteiger partial charge in [-0.2, -0.15) is 0 Å². The van der Waals surface area contributed by atoms with Crippen LogP contribution in [0.1, 0.15) is 0 Å². The van der Waals surface area contributed by atoms with Gasteiger partial charge >= 0.3 is 0 Å². The summed E-state index contributed by atoms with van der Waals surface area (Å²) in [6.07, 6.45) is 0. The van der Waals surface area contributed by atoms with E-state index in [-0.39, 0.29) is 12.4 Å². The molecule has 6 nitrogen and oxygen atoms in total. The number of nitrogens with one attached hydrogen (secondary N) is 1. The van der Waals surface area contributed by atoms with Gasteiger partial charge in [-0.05, 0) is 36.4 Å². The molecule has 1 heterocycles. The van der Waals surface area contributed by atoms with Crippen molar-refractivity contribution in [2.75, 3.05) is 24.2 Å². The lowest BCUT2D eigenvalue weighted by Crippen LogP contribution is -2.19. The molecule has 0 amide bonds. The molecular formula is C17H19N3O3S. The van der Waals surface area contributed by atoms with Crippen molar-refractivity contribution in [2.45, 2.75) is 0 Å². The van der Waals surface area contributed by atoms with E-state index >= 15 is 0 Å². The number of sulfonamides is 1. The number of aromatic nitrogens is 2. The molecular weight excluding hydrogens is 326 g/mol. The van der Waals surface area contributed by atoms with Crippen molar-refractivity contribution < 1.29 is 13.2 Å². The summed E-state index contributed by atoms with van der Waals surface area (Å²) in [5.74, 6) is 0.765. The van der Waals surface area contributed by atoms with Gasteiger partial charge in [0.15, 0.2) is 0 Å². The summed E-state index contributed by atoms with van der Waals surface area (Å²) >= 11 is 0. The van der Waals surface area contributed by atoms with E-state index in [4.69, 9.17) is 4.74 Å². The number of para-hydroxylation sites is 2. The topological polar surface area (TPSA) is 73.2 Å². The van der Waals surface area contributed by atoms with Crippen molar-refractivity contribution >= 4 is 26.7 Å². The molecule has 2 aromatic carbocycles. The van der Waals surface area contributed by atoms with E-state index < -0.39 is 10.0 Å². The minimum absolute atomic E-state index is 0.0734. The zero-order chi connectivity index (χ0) is 17.2. The molecule has 1 aromatic heterocycles. The number of hydrogen-bond donors (Lipinski definition) is 1. The summed E-state index contributed by atoms with van der Waals surface area (Å²) in [5.41, 5.74) is 3.43. The molecule has 0 spiro atoms. The minimum Gasteiger partial charge on any atom is -0.384 e. The number of rotatable bonds is 6. The van der Waals surface area contributed by atoms with Crippen molar-refractivity contribution in [3.8, 4) is 11.4 Å². The first kappa shape index (κ1) is 16.5. The highest BCUT2D eigenvalue weighted by molar-refractivity contribution is 7.92. The third-order valence-corrected chi connectivity index (χ3v) is 5.01. The molecule has 0 atom stereocenters. The fourth-order valence-corrected chi connectivity index (χ4v) is 3.50.